The van der Waals surface area contributed by atoms with Gasteiger partial charge in [0, 0.05) is 0 Å². The summed E-state index contributed by atoms with van der Waals surface area (Å²) in [5, 5.41) is 9.45. The van der Waals surface area contributed by atoms with Gasteiger partial charge in [-0.05, 0) is 25.8 Å². The van der Waals surface area contributed by atoms with Crippen molar-refractivity contribution in [2.75, 3.05) is 0 Å². The van der Waals surface area contributed by atoms with Gasteiger partial charge < -0.3 is 9.84 Å². The second-order valence-corrected chi connectivity index (χ2v) is 5.37. The van der Waals surface area contributed by atoms with E-state index in [-0.39, 0.29) is 5.91 Å². The van der Waals surface area contributed by atoms with Crippen molar-refractivity contribution in [2.24, 2.45) is 0 Å². The second kappa shape index (κ2) is 6.64. The molecular weight excluding hydrogens is 282 g/mol. The van der Waals surface area contributed by atoms with Crippen LogP contribution < -0.4 is 0 Å². The monoisotopic (exact) mass is 303 g/mol. The van der Waals surface area contributed by atoms with Crippen LogP contribution in [-0.2, 0) is 14.3 Å². The summed E-state index contributed by atoms with van der Waals surface area (Å²) in [6, 6.07) is 8.32. The van der Waals surface area contributed by atoms with E-state index < -0.39 is 18.2 Å². The third kappa shape index (κ3) is 2.98. The van der Waals surface area contributed by atoms with E-state index in [4.69, 9.17) is 4.74 Å². The molecular formula is C17H21NO4. The van der Waals surface area contributed by atoms with Crippen molar-refractivity contribution in [3.8, 4) is 0 Å². The van der Waals surface area contributed by atoms with Crippen molar-refractivity contribution in [3.63, 3.8) is 0 Å². The normalized spacial score (nSPS) is 19.9. The first kappa shape index (κ1) is 16.1. The van der Waals surface area contributed by atoms with Gasteiger partial charge in [0.05, 0.1) is 5.57 Å². The van der Waals surface area contributed by atoms with Crippen LogP contribution in [0.25, 0.3) is 5.57 Å². The summed E-state index contributed by atoms with van der Waals surface area (Å²) in [5.74, 6) is -0.762. The van der Waals surface area contributed by atoms with Gasteiger partial charge in [-0.25, -0.2) is 4.79 Å². The third-order valence-corrected chi connectivity index (χ3v) is 3.78. The molecule has 2 rings (SSSR count). The molecule has 0 radical (unpaired) electrons. The molecule has 1 amide bonds. The Hall–Kier alpha value is -2.30. The zero-order valence-electron chi connectivity index (χ0n) is 13.1. The van der Waals surface area contributed by atoms with Crippen LogP contribution in [0.2, 0.25) is 0 Å². The van der Waals surface area contributed by atoms with Crippen molar-refractivity contribution < 1.29 is 19.4 Å². The van der Waals surface area contributed by atoms with Gasteiger partial charge >= 0.3 is 5.97 Å². The summed E-state index contributed by atoms with van der Waals surface area (Å²) in [6.07, 6.45) is 0.486. The Morgan fingerprint density at radius 1 is 1.36 bits per heavy atom. The molecule has 2 unspecified atom stereocenters. The first-order valence-corrected chi connectivity index (χ1v) is 7.45. The van der Waals surface area contributed by atoms with Crippen LogP contribution in [0.15, 0.2) is 36.1 Å². The van der Waals surface area contributed by atoms with Gasteiger partial charge in [0.1, 0.15) is 11.8 Å². The largest absolute Gasteiger partial charge is 0.480 e. The van der Waals surface area contributed by atoms with Crippen LogP contribution in [0.3, 0.4) is 0 Å². The average molecular weight is 303 g/mol. The van der Waals surface area contributed by atoms with Crippen LogP contribution in [0.4, 0.5) is 0 Å². The molecule has 0 saturated carbocycles. The highest BCUT2D eigenvalue weighted by atomic mass is 16.5. The van der Waals surface area contributed by atoms with Crippen molar-refractivity contribution in [3.05, 3.63) is 41.7 Å². The van der Waals surface area contributed by atoms with Crippen molar-refractivity contribution in [1.82, 2.24) is 4.90 Å². The lowest BCUT2D eigenvalue weighted by Crippen LogP contribution is -2.53. The minimum atomic E-state index is -1.00. The standard InChI is InChI=1S/C17H21NO4/c1-4-8-14(17(20)21)18-12(3)22-11(2)15(16(18)19)13-9-6-5-7-10-13/h5-7,9-10,12,14H,4,8H2,1-3H3,(H,20,21). The molecule has 5 nitrogen and oxygen atoms in total. The lowest BCUT2D eigenvalue weighted by atomic mass is 10.00. The molecule has 0 bridgehead atoms. The molecule has 0 saturated heterocycles. The maximum atomic E-state index is 12.9. The first-order valence-electron chi connectivity index (χ1n) is 7.45. The molecule has 1 aromatic carbocycles. The van der Waals surface area contributed by atoms with E-state index in [9.17, 15) is 14.7 Å². The molecule has 1 N–H and O–H groups in total. The number of benzene rings is 1. The number of hydrogen-bond acceptors (Lipinski definition) is 3. The van der Waals surface area contributed by atoms with Crippen LogP contribution >= 0.6 is 0 Å². The summed E-state index contributed by atoms with van der Waals surface area (Å²) >= 11 is 0. The highest BCUT2D eigenvalue weighted by Crippen LogP contribution is 2.31. The number of rotatable bonds is 5. The number of carboxylic acids is 1. The van der Waals surface area contributed by atoms with Gasteiger partial charge in [0.25, 0.3) is 5.91 Å². The Kier molecular flexibility index (Phi) is 4.85. The lowest BCUT2D eigenvalue weighted by molar-refractivity contribution is -0.159. The Morgan fingerprint density at radius 2 is 2.00 bits per heavy atom. The van der Waals surface area contributed by atoms with E-state index in [1.807, 2.05) is 37.3 Å². The second-order valence-electron chi connectivity index (χ2n) is 5.37. The highest BCUT2D eigenvalue weighted by Gasteiger charge is 2.39. The molecule has 2 atom stereocenters. The fraction of sp³-hybridized carbons (Fsp3) is 0.412. The zero-order chi connectivity index (χ0) is 16.3. The first-order chi connectivity index (χ1) is 10.5. The van der Waals surface area contributed by atoms with Gasteiger partial charge in [-0.15, -0.1) is 0 Å². The number of amides is 1. The summed E-state index contributed by atoms with van der Waals surface area (Å²) < 4.78 is 5.74. The van der Waals surface area contributed by atoms with E-state index in [0.29, 0.717) is 24.2 Å². The SMILES string of the molecule is CCCC(C(=O)O)N1C(=O)C(c2ccccc2)=C(C)OC1C. The predicted molar refractivity (Wildman–Crippen MR) is 82.8 cm³/mol. The number of aliphatic carboxylic acids is 1. The topological polar surface area (TPSA) is 66.8 Å². The number of nitrogens with zero attached hydrogens (tertiary/aromatic N) is 1. The molecule has 1 aliphatic rings. The maximum absolute atomic E-state index is 12.9. The minimum Gasteiger partial charge on any atom is -0.480 e. The molecule has 1 aliphatic heterocycles. The Morgan fingerprint density at radius 3 is 2.55 bits per heavy atom. The number of hydrogen-bond donors (Lipinski definition) is 1. The molecule has 0 aliphatic carbocycles. The molecule has 1 aromatic rings. The smallest absolute Gasteiger partial charge is 0.326 e. The van der Waals surface area contributed by atoms with E-state index in [0.717, 1.165) is 5.56 Å². The van der Waals surface area contributed by atoms with Crippen molar-refractivity contribution in [2.45, 2.75) is 45.9 Å². The van der Waals surface area contributed by atoms with Gasteiger partial charge in [0.2, 0.25) is 0 Å². The Balaban J connectivity index is 2.43. The van der Waals surface area contributed by atoms with Gasteiger partial charge in [-0.2, -0.15) is 0 Å². The molecule has 0 aromatic heterocycles. The number of allylic oxidation sites excluding steroid dienone is 1. The quantitative estimate of drug-likeness (QED) is 0.908. The van der Waals surface area contributed by atoms with Crippen molar-refractivity contribution >= 4 is 17.4 Å². The molecule has 0 fully saturated rings. The highest BCUT2D eigenvalue weighted by molar-refractivity contribution is 6.21. The number of carbonyl (C=O) groups is 2. The van der Waals surface area contributed by atoms with Crippen LogP contribution in [-0.4, -0.2) is 34.2 Å². The summed E-state index contributed by atoms with van der Waals surface area (Å²) in [5.41, 5.74) is 1.17. The Bertz CT molecular complexity index is 594. The number of carbonyl (C=O) groups excluding carboxylic acids is 1. The predicted octanol–water partition coefficient (Wildman–Crippen LogP) is 2.88. The minimum absolute atomic E-state index is 0.289. The lowest BCUT2D eigenvalue weighted by Gasteiger charge is -2.39. The summed E-state index contributed by atoms with van der Waals surface area (Å²) in [4.78, 5) is 25.8. The molecule has 5 heteroatoms. The summed E-state index contributed by atoms with van der Waals surface area (Å²) in [6.45, 7) is 5.34. The van der Waals surface area contributed by atoms with E-state index in [1.165, 1.54) is 4.90 Å². The fourth-order valence-corrected chi connectivity index (χ4v) is 2.80. The molecule has 0 spiro atoms. The Labute approximate surface area is 130 Å². The third-order valence-electron chi connectivity index (χ3n) is 3.78. The average Bonchev–Trinajstić information content (AvgIpc) is 2.46. The van der Waals surface area contributed by atoms with Gasteiger partial charge in [-0.3, -0.25) is 9.69 Å². The molecule has 118 valence electrons. The molecule has 1 heterocycles. The maximum Gasteiger partial charge on any atom is 0.326 e. The van der Waals surface area contributed by atoms with Crippen LogP contribution in [0.1, 0.15) is 39.2 Å². The van der Waals surface area contributed by atoms with E-state index >= 15 is 0 Å². The fourth-order valence-electron chi connectivity index (χ4n) is 2.80. The molecule has 22 heavy (non-hydrogen) atoms. The van der Waals surface area contributed by atoms with Gasteiger partial charge in [0.15, 0.2) is 6.23 Å². The van der Waals surface area contributed by atoms with Crippen LogP contribution in [0.5, 0.6) is 0 Å². The number of ether oxygens (including phenoxy) is 1. The number of carboxylic acid groups (broad SMARTS) is 1. The van der Waals surface area contributed by atoms with E-state index in [1.54, 1.807) is 13.8 Å². The zero-order valence-corrected chi connectivity index (χ0v) is 13.1. The van der Waals surface area contributed by atoms with Crippen molar-refractivity contribution in [1.29, 1.82) is 0 Å². The van der Waals surface area contributed by atoms with E-state index in [2.05, 4.69) is 0 Å². The van der Waals surface area contributed by atoms with Crippen LogP contribution in [0, 0.1) is 0 Å². The summed E-state index contributed by atoms with van der Waals surface area (Å²) in [7, 11) is 0. The van der Waals surface area contributed by atoms with Gasteiger partial charge in [-0.1, -0.05) is 43.7 Å².